The van der Waals surface area contributed by atoms with Crippen LogP contribution in [0.1, 0.15) is 40.2 Å². The summed E-state index contributed by atoms with van der Waals surface area (Å²) in [6.45, 7) is 7.58. The average Bonchev–Trinajstić information content (AvgIpc) is 2.67. The number of hydrogen-bond donors (Lipinski definition) is 0. The molecule has 1 saturated heterocycles. The molecule has 0 spiro atoms. The summed E-state index contributed by atoms with van der Waals surface area (Å²) >= 11 is 0. The molecule has 0 aromatic heterocycles. The monoisotopic (exact) mass is 342 g/mol. The quantitative estimate of drug-likeness (QED) is 0.745. The second kappa shape index (κ2) is 6.12. The highest BCUT2D eigenvalue weighted by atomic mass is 19.3. The number of rotatable bonds is 4. The zero-order valence-corrected chi connectivity index (χ0v) is 14.7. The van der Waals surface area contributed by atoms with Crippen molar-refractivity contribution in [3.8, 4) is 5.75 Å². The Morgan fingerprint density at radius 3 is 1.88 bits per heavy atom. The van der Waals surface area contributed by atoms with Crippen LogP contribution in [-0.2, 0) is 9.31 Å². The van der Waals surface area contributed by atoms with E-state index < -0.39 is 35.5 Å². The molecule has 1 heterocycles. The molecule has 3 nitrogen and oxygen atoms in total. The van der Waals surface area contributed by atoms with Crippen LogP contribution >= 0.6 is 0 Å². The smallest absolute Gasteiger partial charge is 0.497 e. The van der Waals surface area contributed by atoms with Gasteiger partial charge in [0, 0.05) is 6.92 Å². The van der Waals surface area contributed by atoms with E-state index in [2.05, 4.69) is 0 Å². The van der Waals surface area contributed by atoms with Crippen LogP contribution in [0.2, 0.25) is 0 Å². The van der Waals surface area contributed by atoms with Crippen LogP contribution in [0.4, 0.5) is 13.2 Å². The first-order valence-electron chi connectivity index (χ1n) is 7.67. The highest BCUT2D eigenvalue weighted by Gasteiger charge is 2.54. The van der Waals surface area contributed by atoms with Gasteiger partial charge in [0.05, 0.1) is 23.9 Å². The lowest BCUT2D eigenvalue weighted by molar-refractivity contribution is 0.00578. The molecule has 0 amide bonds. The highest BCUT2D eigenvalue weighted by Crippen LogP contribution is 2.43. The summed E-state index contributed by atoms with van der Waals surface area (Å²) in [6, 6.07) is 5.77. The number of hydrogen-bond acceptors (Lipinski definition) is 3. The van der Waals surface area contributed by atoms with Crippen LogP contribution in [0, 0.1) is 0 Å². The Hall–Kier alpha value is -1.47. The van der Waals surface area contributed by atoms with Crippen LogP contribution in [0.15, 0.2) is 30.0 Å². The van der Waals surface area contributed by atoms with Crippen molar-refractivity contribution in [1.29, 1.82) is 0 Å². The van der Waals surface area contributed by atoms with Crippen molar-refractivity contribution in [3.05, 3.63) is 35.6 Å². The molecule has 0 unspecified atom stereocenters. The topological polar surface area (TPSA) is 27.7 Å². The first-order chi connectivity index (χ1) is 10.9. The van der Waals surface area contributed by atoms with Crippen molar-refractivity contribution in [2.45, 2.75) is 51.7 Å². The third-order valence-corrected chi connectivity index (χ3v) is 4.52. The van der Waals surface area contributed by atoms with Gasteiger partial charge in [-0.1, -0.05) is 12.1 Å². The normalized spacial score (nSPS) is 20.8. The van der Waals surface area contributed by atoms with Gasteiger partial charge < -0.3 is 14.0 Å². The van der Waals surface area contributed by atoms with Crippen LogP contribution in [0.3, 0.4) is 0 Å². The van der Waals surface area contributed by atoms with Gasteiger partial charge in [0.1, 0.15) is 11.5 Å². The third-order valence-electron chi connectivity index (χ3n) is 4.52. The Balaban J connectivity index is 2.49. The van der Waals surface area contributed by atoms with Crippen molar-refractivity contribution in [1.82, 2.24) is 0 Å². The maximum absolute atomic E-state index is 14.9. The maximum Gasteiger partial charge on any atom is 0.525 e. The molecule has 0 atom stereocenters. The predicted octanol–water partition coefficient (Wildman–Crippen LogP) is 4.66. The molecule has 1 aliphatic rings. The number of methoxy groups -OCH3 is 1. The van der Waals surface area contributed by atoms with E-state index in [0.717, 1.165) is 0 Å². The highest BCUT2D eigenvalue weighted by molar-refractivity contribution is 6.55. The molecule has 0 aliphatic carbocycles. The van der Waals surface area contributed by atoms with Gasteiger partial charge in [-0.15, -0.1) is 0 Å². The van der Waals surface area contributed by atoms with Gasteiger partial charge in [-0.3, -0.25) is 0 Å². The lowest BCUT2D eigenvalue weighted by Gasteiger charge is -2.32. The maximum atomic E-state index is 14.9. The van der Waals surface area contributed by atoms with Gasteiger partial charge >= 0.3 is 7.12 Å². The molecular formula is C17H22BF3O3. The zero-order chi connectivity index (χ0) is 18.3. The number of benzene rings is 1. The second-order valence-corrected chi connectivity index (χ2v) is 6.93. The Morgan fingerprint density at radius 1 is 1.04 bits per heavy atom. The molecule has 2 rings (SSSR count). The number of ether oxygens (including phenoxy) is 1. The average molecular weight is 342 g/mol. The molecule has 1 aliphatic heterocycles. The lowest BCUT2D eigenvalue weighted by Crippen LogP contribution is -2.41. The van der Waals surface area contributed by atoms with Gasteiger partial charge in [0.2, 0.25) is 0 Å². The van der Waals surface area contributed by atoms with E-state index in [0.29, 0.717) is 12.7 Å². The van der Waals surface area contributed by atoms with E-state index in [1.54, 1.807) is 27.7 Å². The minimum absolute atomic E-state index is 0.0514. The third kappa shape index (κ3) is 3.47. The lowest BCUT2D eigenvalue weighted by atomic mass is 9.81. The van der Waals surface area contributed by atoms with E-state index in [-0.39, 0.29) is 5.56 Å². The molecule has 0 radical (unpaired) electrons. The molecule has 1 aromatic rings. The van der Waals surface area contributed by atoms with Crippen molar-refractivity contribution < 1.29 is 27.2 Å². The minimum atomic E-state index is -3.40. The summed E-state index contributed by atoms with van der Waals surface area (Å²) in [7, 11) is -0.0107. The Labute approximate surface area is 140 Å². The summed E-state index contributed by atoms with van der Waals surface area (Å²) in [5.74, 6) is -2.91. The summed E-state index contributed by atoms with van der Waals surface area (Å²) in [4.78, 5) is 0. The molecule has 0 saturated carbocycles. The Morgan fingerprint density at radius 2 is 1.50 bits per heavy atom. The number of allylic oxidation sites excluding steroid dienone is 1. The molecule has 7 heteroatoms. The first-order valence-corrected chi connectivity index (χ1v) is 7.67. The number of halogens is 3. The van der Waals surface area contributed by atoms with Crippen LogP contribution in [0.5, 0.6) is 5.75 Å². The van der Waals surface area contributed by atoms with E-state index in [4.69, 9.17) is 14.0 Å². The fourth-order valence-electron chi connectivity index (χ4n) is 2.42. The van der Waals surface area contributed by atoms with Crippen molar-refractivity contribution in [3.63, 3.8) is 0 Å². The molecule has 0 bridgehead atoms. The fourth-order valence-corrected chi connectivity index (χ4v) is 2.42. The molecule has 1 aromatic carbocycles. The SMILES string of the molecule is COc1ccc(C(=C(F)B2OC(C)(C)C(C)(C)O2)C(C)(F)F)cc1. The summed E-state index contributed by atoms with van der Waals surface area (Å²) in [5, 5.41) is 0. The summed E-state index contributed by atoms with van der Waals surface area (Å²) < 4.78 is 59.3. The predicted molar refractivity (Wildman–Crippen MR) is 87.7 cm³/mol. The number of alkyl halides is 2. The van der Waals surface area contributed by atoms with Crippen LogP contribution in [-0.4, -0.2) is 31.4 Å². The van der Waals surface area contributed by atoms with E-state index in [1.807, 2.05) is 0 Å². The van der Waals surface area contributed by atoms with Gasteiger partial charge in [-0.05, 0) is 45.4 Å². The molecule has 0 N–H and O–H groups in total. The molecule has 24 heavy (non-hydrogen) atoms. The molecular weight excluding hydrogens is 320 g/mol. The molecule has 132 valence electrons. The largest absolute Gasteiger partial charge is 0.525 e. The van der Waals surface area contributed by atoms with E-state index >= 15 is 0 Å². The van der Waals surface area contributed by atoms with E-state index in [9.17, 15) is 13.2 Å². The fraction of sp³-hybridized carbons (Fsp3) is 0.529. The standard InChI is InChI=1S/C17H22BF3O3/c1-15(2)16(3,4)24-18(23-15)14(19)13(17(5,20)21)11-7-9-12(22-6)10-8-11/h7-10H,1-6H3. The van der Waals surface area contributed by atoms with Gasteiger partial charge in [-0.25, -0.2) is 13.2 Å². The van der Waals surface area contributed by atoms with Gasteiger partial charge in [-0.2, -0.15) is 0 Å². The van der Waals surface area contributed by atoms with Crippen molar-refractivity contribution in [2.75, 3.05) is 7.11 Å². The van der Waals surface area contributed by atoms with Crippen LogP contribution in [0.25, 0.3) is 5.57 Å². The minimum Gasteiger partial charge on any atom is -0.497 e. The zero-order valence-electron chi connectivity index (χ0n) is 14.7. The first kappa shape index (κ1) is 18.9. The van der Waals surface area contributed by atoms with E-state index in [1.165, 1.54) is 31.4 Å². The summed E-state index contributed by atoms with van der Waals surface area (Å²) in [5.41, 5.74) is -3.45. The Kier molecular flexibility index (Phi) is 4.81. The van der Waals surface area contributed by atoms with Gasteiger partial charge in [0.25, 0.3) is 5.92 Å². The molecule has 1 fully saturated rings. The van der Waals surface area contributed by atoms with Crippen molar-refractivity contribution >= 4 is 12.7 Å². The second-order valence-electron chi connectivity index (χ2n) is 6.93. The van der Waals surface area contributed by atoms with Crippen molar-refractivity contribution in [2.24, 2.45) is 0 Å². The van der Waals surface area contributed by atoms with Gasteiger partial charge in [0.15, 0.2) is 0 Å². The van der Waals surface area contributed by atoms with Crippen LogP contribution < -0.4 is 4.74 Å². The summed E-state index contributed by atoms with van der Waals surface area (Å²) in [6.07, 6.45) is 0. The Bertz CT molecular complexity index is 617.